The first-order valence-corrected chi connectivity index (χ1v) is 6.47. The third kappa shape index (κ3) is 3.46. The van der Waals surface area contributed by atoms with Gasteiger partial charge in [0.15, 0.2) is 0 Å². The van der Waals surface area contributed by atoms with E-state index in [1.165, 1.54) is 0 Å². The van der Waals surface area contributed by atoms with Gasteiger partial charge in [-0.2, -0.15) is 5.10 Å². The van der Waals surface area contributed by atoms with E-state index in [4.69, 9.17) is 11.6 Å². The van der Waals surface area contributed by atoms with E-state index in [0.717, 1.165) is 29.4 Å². The zero-order valence-corrected chi connectivity index (χ0v) is 12.5. The minimum atomic E-state index is 0.254. The zero-order chi connectivity index (χ0) is 13.2. The van der Waals surface area contributed by atoms with Crippen LogP contribution in [0.2, 0.25) is 5.02 Å². The van der Waals surface area contributed by atoms with Gasteiger partial charge in [0, 0.05) is 7.05 Å². The SMILES string of the molecule is CNCC(Cc1c(Cl)c(C)nn1C)C(C)(C)C. The fourth-order valence-corrected chi connectivity index (χ4v) is 2.30. The Morgan fingerprint density at radius 2 is 2.00 bits per heavy atom. The van der Waals surface area contributed by atoms with E-state index in [1.54, 1.807) is 0 Å². The molecule has 1 unspecified atom stereocenters. The van der Waals surface area contributed by atoms with Gasteiger partial charge in [0.05, 0.1) is 16.4 Å². The highest BCUT2D eigenvalue weighted by atomic mass is 35.5. The molecule has 0 aliphatic rings. The zero-order valence-electron chi connectivity index (χ0n) is 11.8. The quantitative estimate of drug-likeness (QED) is 0.899. The van der Waals surface area contributed by atoms with Crippen LogP contribution >= 0.6 is 11.6 Å². The molecule has 0 saturated heterocycles. The second-order valence-electron chi connectivity index (χ2n) is 5.79. The summed E-state index contributed by atoms with van der Waals surface area (Å²) in [6.07, 6.45) is 0.959. The smallest absolute Gasteiger partial charge is 0.0847 e. The number of hydrogen-bond acceptors (Lipinski definition) is 2. The van der Waals surface area contributed by atoms with Crippen LogP contribution in [-0.4, -0.2) is 23.4 Å². The maximum absolute atomic E-state index is 6.30. The molecule has 17 heavy (non-hydrogen) atoms. The lowest BCUT2D eigenvalue weighted by molar-refractivity contribution is 0.231. The molecule has 0 bridgehead atoms. The lowest BCUT2D eigenvalue weighted by Crippen LogP contribution is -2.32. The first kappa shape index (κ1) is 14.5. The maximum atomic E-state index is 6.30. The summed E-state index contributed by atoms with van der Waals surface area (Å²) < 4.78 is 1.91. The van der Waals surface area contributed by atoms with Crippen LogP contribution in [0.3, 0.4) is 0 Å². The van der Waals surface area contributed by atoms with Crippen molar-refractivity contribution in [3.63, 3.8) is 0 Å². The van der Waals surface area contributed by atoms with Crippen LogP contribution in [0.15, 0.2) is 0 Å². The van der Waals surface area contributed by atoms with Crippen molar-refractivity contribution in [3.05, 3.63) is 16.4 Å². The van der Waals surface area contributed by atoms with Crippen molar-refractivity contribution in [3.8, 4) is 0 Å². The number of aromatic nitrogens is 2. The van der Waals surface area contributed by atoms with Crippen LogP contribution in [0.4, 0.5) is 0 Å². The molecule has 0 aliphatic carbocycles. The third-order valence-corrected chi connectivity index (χ3v) is 3.87. The number of hydrogen-bond donors (Lipinski definition) is 1. The number of aryl methyl sites for hydroxylation is 2. The molecule has 1 rings (SSSR count). The molecule has 4 heteroatoms. The van der Waals surface area contributed by atoms with Crippen LogP contribution in [0.25, 0.3) is 0 Å². The van der Waals surface area contributed by atoms with Gasteiger partial charge in [0.1, 0.15) is 0 Å². The van der Waals surface area contributed by atoms with E-state index in [1.807, 2.05) is 25.7 Å². The van der Waals surface area contributed by atoms with Crippen LogP contribution < -0.4 is 5.32 Å². The van der Waals surface area contributed by atoms with E-state index >= 15 is 0 Å². The predicted octanol–water partition coefficient (Wildman–Crippen LogP) is 2.81. The highest BCUT2D eigenvalue weighted by Gasteiger charge is 2.26. The average Bonchev–Trinajstić information content (AvgIpc) is 2.42. The van der Waals surface area contributed by atoms with Gasteiger partial charge in [0.2, 0.25) is 0 Å². The molecule has 0 spiro atoms. The van der Waals surface area contributed by atoms with Gasteiger partial charge >= 0.3 is 0 Å². The highest BCUT2D eigenvalue weighted by Crippen LogP contribution is 2.31. The predicted molar refractivity (Wildman–Crippen MR) is 73.5 cm³/mol. The first-order chi connectivity index (χ1) is 7.77. The maximum Gasteiger partial charge on any atom is 0.0847 e. The second kappa shape index (κ2) is 5.40. The molecule has 0 amide bonds. The normalized spacial score (nSPS) is 14.1. The van der Waals surface area contributed by atoms with Gasteiger partial charge in [-0.1, -0.05) is 32.4 Å². The van der Waals surface area contributed by atoms with Gasteiger partial charge in [-0.3, -0.25) is 4.68 Å². The van der Waals surface area contributed by atoms with Crippen LogP contribution in [-0.2, 0) is 13.5 Å². The van der Waals surface area contributed by atoms with Crippen molar-refractivity contribution in [2.45, 2.75) is 34.1 Å². The monoisotopic (exact) mass is 257 g/mol. The second-order valence-corrected chi connectivity index (χ2v) is 6.17. The number of nitrogens with zero attached hydrogens (tertiary/aromatic N) is 2. The number of nitrogens with one attached hydrogen (secondary N) is 1. The van der Waals surface area contributed by atoms with Crippen molar-refractivity contribution in [2.24, 2.45) is 18.4 Å². The van der Waals surface area contributed by atoms with Crippen molar-refractivity contribution >= 4 is 11.6 Å². The molecule has 0 aromatic carbocycles. The van der Waals surface area contributed by atoms with Gasteiger partial charge in [0.25, 0.3) is 0 Å². The topological polar surface area (TPSA) is 29.9 Å². The molecule has 0 saturated carbocycles. The minimum Gasteiger partial charge on any atom is -0.319 e. The lowest BCUT2D eigenvalue weighted by atomic mass is 9.78. The Bertz CT molecular complexity index is 377. The lowest BCUT2D eigenvalue weighted by Gasteiger charge is -2.30. The molecule has 98 valence electrons. The summed E-state index contributed by atoms with van der Waals surface area (Å²) in [6, 6.07) is 0. The van der Waals surface area contributed by atoms with E-state index < -0.39 is 0 Å². The standard InChI is InChI=1S/C13H24ClN3/c1-9-12(14)11(17(6)16-9)7-10(8-15-5)13(2,3)4/h10,15H,7-8H2,1-6H3. The molecule has 1 heterocycles. The van der Waals surface area contributed by atoms with Gasteiger partial charge in [-0.05, 0) is 38.3 Å². The van der Waals surface area contributed by atoms with Crippen molar-refractivity contribution in [1.82, 2.24) is 15.1 Å². The van der Waals surface area contributed by atoms with E-state index in [0.29, 0.717) is 5.92 Å². The summed E-state index contributed by atoms with van der Waals surface area (Å²) in [5.41, 5.74) is 2.31. The molecule has 3 nitrogen and oxygen atoms in total. The van der Waals surface area contributed by atoms with Gasteiger partial charge in [-0.15, -0.1) is 0 Å². The molecular weight excluding hydrogens is 234 g/mol. The average molecular weight is 258 g/mol. The summed E-state index contributed by atoms with van der Waals surface area (Å²) in [7, 11) is 3.96. The highest BCUT2D eigenvalue weighted by molar-refractivity contribution is 6.31. The number of rotatable bonds is 4. The fraction of sp³-hybridized carbons (Fsp3) is 0.769. The number of halogens is 1. The van der Waals surface area contributed by atoms with E-state index in [2.05, 4.69) is 31.2 Å². The molecular formula is C13H24ClN3. The Labute approximate surface area is 110 Å². The van der Waals surface area contributed by atoms with Crippen LogP contribution in [0.1, 0.15) is 32.2 Å². The van der Waals surface area contributed by atoms with E-state index in [-0.39, 0.29) is 5.41 Å². The Morgan fingerprint density at radius 1 is 1.41 bits per heavy atom. The van der Waals surface area contributed by atoms with Crippen LogP contribution in [0, 0.1) is 18.3 Å². The summed E-state index contributed by atoms with van der Waals surface area (Å²) >= 11 is 6.30. The molecule has 0 radical (unpaired) electrons. The molecule has 1 N–H and O–H groups in total. The Morgan fingerprint density at radius 3 is 2.35 bits per heavy atom. The minimum absolute atomic E-state index is 0.254. The van der Waals surface area contributed by atoms with Crippen molar-refractivity contribution in [1.29, 1.82) is 0 Å². The van der Waals surface area contributed by atoms with E-state index in [9.17, 15) is 0 Å². The summed E-state index contributed by atoms with van der Waals surface area (Å²) in [5.74, 6) is 0.541. The van der Waals surface area contributed by atoms with Gasteiger partial charge in [-0.25, -0.2) is 0 Å². The molecule has 1 aromatic heterocycles. The van der Waals surface area contributed by atoms with Gasteiger partial charge < -0.3 is 5.32 Å². The summed E-state index contributed by atoms with van der Waals surface area (Å²) in [4.78, 5) is 0. The molecule has 1 atom stereocenters. The molecule has 0 fully saturated rings. The Balaban J connectivity index is 2.94. The van der Waals surface area contributed by atoms with Crippen molar-refractivity contribution in [2.75, 3.05) is 13.6 Å². The van der Waals surface area contributed by atoms with Crippen molar-refractivity contribution < 1.29 is 0 Å². The molecule has 1 aromatic rings. The summed E-state index contributed by atoms with van der Waals surface area (Å²) in [6.45, 7) is 9.75. The fourth-order valence-electron chi connectivity index (χ4n) is 2.07. The largest absolute Gasteiger partial charge is 0.319 e. The Hall–Kier alpha value is -0.540. The van der Waals surface area contributed by atoms with Crippen LogP contribution in [0.5, 0.6) is 0 Å². The summed E-state index contributed by atoms with van der Waals surface area (Å²) in [5, 5.41) is 8.46. The Kier molecular flexibility index (Phi) is 4.62. The third-order valence-electron chi connectivity index (χ3n) is 3.38. The first-order valence-electron chi connectivity index (χ1n) is 6.10. The molecule has 0 aliphatic heterocycles.